The molecule has 3 aromatic rings. The van der Waals surface area contributed by atoms with E-state index in [0.717, 1.165) is 10.7 Å². The molecule has 1 aromatic heterocycles. The first kappa shape index (κ1) is 8.42. The van der Waals surface area contributed by atoms with Crippen molar-refractivity contribution >= 4 is 28.3 Å². The van der Waals surface area contributed by atoms with Crippen molar-refractivity contribution in [3.05, 3.63) is 47.3 Å². The maximum Gasteiger partial charge on any atom is 0.0714 e. The Morgan fingerprint density at radius 3 is 2.73 bits per heavy atom. The van der Waals surface area contributed by atoms with Gasteiger partial charge in [0.05, 0.1) is 5.52 Å². The van der Waals surface area contributed by atoms with Crippen molar-refractivity contribution < 1.29 is 0 Å². The smallest absolute Gasteiger partial charge is 0.0714 e. The normalized spacial score (nSPS) is 11.3. The molecule has 0 spiro atoms. The molecule has 3 rings (SSSR count). The van der Waals surface area contributed by atoms with Gasteiger partial charge in [0.25, 0.3) is 0 Å². The topological polar surface area (TPSA) is 12.9 Å². The van der Waals surface area contributed by atoms with Crippen molar-refractivity contribution in [3.8, 4) is 0 Å². The summed E-state index contributed by atoms with van der Waals surface area (Å²) in [6.07, 6.45) is 1.86. The Morgan fingerprint density at radius 1 is 1.00 bits per heavy atom. The second-order valence-electron chi connectivity index (χ2n) is 3.91. The van der Waals surface area contributed by atoms with E-state index in [4.69, 9.17) is 0 Å². The summed E-state index contributed by atoms with van der Waals surface area (Å²) < 4.78 is 0. The maximum atomic E-state index is 4.39. The quantitative estimate of drug-likeness (QED) is 0.535. The van der Waals surface area contributed by atoms with Crippen molar-refractivity contribution in [2.24, 2.45) is 0 Å². The first-order chi connectivity index (χ1) is 7.27. The first-order valence-electron chi connectivity index (χ1n) is 5.03. The molecule has 1 nitrogen and oxygen atoms in total. The van der Waals surface area contributed by atoms with E-state index in [2.05, 4.69) is 42.8 Å². The zero-order valence-corrected chi connectivity index (χ0v) is 8.62. The van der Waals surface area contributed by atoms with Gasteiger partial charge in [0, 0.05) is 11.6 Å². The van der Waals surface area contributed by atoms with Gasteiger partial charge in [0.2, 0.25) is 0 Å². The molecule has 1 heterocycles. The maximum absolute atomic E-state index is 4.39. The highest BCUT2D eigenvalue weighted by Gasteiger charge is 2.04. The van der Waals surface area contributed by atoms with Crippen molar-refractivity contribution in [1.82, 2.24) is 4.98 Å². The van der Waals surface area contributed by atoms with Crippen LogP contribution in [0.2, 0.25) is 0 Å². The third-order valence-corrected chi connectivity index (χ3v) is 2.93. The summed E-state index contributed by atoms with van der Waals surface area (Å²) >= 11 is 0. The van der Waals surface area contributed by atoms with Gasteiger partial charge in [0.1, 0.15) is 0 Å². The molecular formula is C14H11N. The van der Waals surface area contributed by atoms with Crippen LogP contribution in [-0.2, 0) is 0 Å². The van der Waals surface area contributed by atoms with Gasteiger partial charge in [-0.15, -0.1) is 0 Å². The summed E-state index contributed by atoms with van der Waals surface area (Å²) in [6, 6.07) is 10.4. The summed E-state index contributed by atoms with van der Waals surface area (Å²) in [5, 5.41) is 4.81. The van der Waals surface area contributed by atoms with Crippen LogP contribution in [0, 0.1) is 6.92 Å². The SMILES string of the molecule is C=c1ccc2ccnc3ccc(C)c1c23. The third kappa shape index (κ3) is 1.06. The molecule has 15 heavy (non-hydrogen) atoms. The minimum Gasteiger partial charge on any atom is -0.256 e. The van der Waals surface area contributed by atoms with Gasteiger partial charge in [-0.25, -0.2) is 0 Å². The van der Waals surface area contributed by atoms with E-state index in [0.29, 0.717) is 0 Å². The second kappa shape index (κ2) is 2.80. The van der Waals surface area contributed by atoms with E-state index in [1.165, 1.54) is 21.7 Å². The lowest BCUT2D eigenvalue weighted by molar-refractivity contribution is 1.41. The molecule has 0 saturated carbocycles. The Labute approximate surface area is 88.0 Å². The highest BCUT2D eigenvalue weighted by atomic mass is 14.6. The predicted molar refractivity (Wildman–Crippen MR) is 64.7 cm³/mol. The number of hydrogen-bond acceptors (Lipinski definition) is 1. The Bertz CT molecular complexity index is 682. The fraction of sp³-hybridized carbons (Fsp3) is 0.0714. The molecule has 0 atom stereocenters. The number of pyridine rings is 1. The molecule has 0 aliphatic rings. The second-order valence-corrected chi connectivity index (χ2v) is 3.91. The van der Waals surface area contributed by atoms with E-state index >= 15 is 0 Å². The van der Waals surface area contributed by atoms with Crippen molar-refractivity contribution in [3.63, 3.8) is 0 Å². The molecule has 2 aromatic carbocycles. The minimum atomic E-state index is 1.05. The zero-order valence-electron chi connectivity index (χ0n) is 8.62. The fourth-order valence-corrected chi connectivity index (χ4v) is 2.20. The molecular weight excluding hydrogens is 182 g/mol. The van der Waals surface area contributed by atoms with Crippen LogP contribution >= 0.6 is 0 Å². The number of nitrogens with zero attached hydrogens (tertiary/aromatic N) is 1. The zero-order chi connectivity index (χ0) is 10.4. The van der Waals surface area contributed by atoms with Crippen LogP contribution in [0.4, 0.5) is 0 Å². The molecule has 0 aliphatic carbocycles. The average molecular weight is 193 g/mol. The Kier molecular flexibility index (Phi) is 1.57. The lowest BCUT2D eigenvalue weighted by atomic mass is 9.99. The van der Waals surface area contributed by atoms with Crippen LogP contribution in [0.1, 0.15) is 5.56 Å². The van der Waals surface area contributed by atoms with E-state index in [1.54, 1.807) is 0 Å². The summed E-state index contributed by atoms with van der Waals surface area (Å²) in [5.74, 6) is 0. The standard InChI is InChI=1S/C14H11N/c1-9-3-5-11-7-8-15-12-6-4-10(2)13(9)14(11)12/h3-8H,1H2,2H3. The Hall–Kier alpha value is -1.89. The summed E-state index contributed by atoms with van der Waals surface area (Å²) in [7, 11) is 0. The van der Waals surface area contributed by atoms with Gasteiger partial charge < -0.3 is 0 Å². The molecule has 0 fully saturated rings. The lowest BCUT2D eigenvalue weighted by Gasteiger charge is -2.07. The third-order valence-electron chi connectivity index (χ3n) is 2.93. The van der Waals surface area contributed by atoms with Crippen LogP contribution in [0.3, 0.4) is 0 Å². The number of rotatable bonds is 0. The molecule has 0 N–H and O–H groups in total. The van der Waals surface area contributed by atoms with E-state index in [9.17, 15) is 0 Å². The van der Waals surface area contributed by atoms with Crippen LogP contribution in [-0.4, -0.2) is 4.98 Å². The monoisotopic (exact) mass is 193 g/mol. The molecule has 0 unspecified atom stereocenters. The molecule has 1 heteroatoms. The van der Waals surface area contributed by atoms with Crippen molar-refractivity contribution in [1.29, 1.82) is 0 Å². The molecule has 0 aliphatic heterocycles. The van der Waals surface area contributed by atoms with Crippen molar-refractivity contribution in [2.45, 2.75) is 6.92 Å². The highest BCUT2D eigenvalue weighted by molar-refractivity contribution is 6.09. The van der Waals surface area contributed by atoms with Gasteiger partial charge in [-0.1, -0.05) is 24.8 Å². The fourth-order valence-electron chi connectivity index (χ4n) is 2.20. The largest absolute Gasteiger partial charge is 0.256 e. The predicted octanol–water partition coefficient (Wildman–Crippen LogP) is 2.83. The average Bonchev–Trinajstić information content (AvgIpc) is 2.25. The molecule has 0 amide bonds. The van der Waals surface area contributed by atoms with Crippen LogP contribution in [0.15, 0.2) is 36.5 Å². The number of aryl methyl sites for hydroxylation is 1. The molecule has 0 bridgehead atoms. The van der Waals surface area contributed by atoms with E-state index in [1.807, 2.05) is 12.3 Å². The molecule has 0 saturated heterocycles. The van der Waals surface area contributed by atoms with Gasteiger partial charge in [0.15, 0.2) is 0 Å². The van der Waals surface area contributed by atoms with Gasteiger partial charge in [-0.05, 0) is 40.6 Å². The Morgan fingerprint density at radius 2 is 1.87 bits per heavy atom. The summed E-state index contributed by atoms with van der Waals surface area (Å²) in [6.45, 7) is 6.21. The summed E-state index contributed by atoms with van der Waals surface area (Å²) in [4.78, 5) is 4.39. The summed E-state index contributed by atoms with van der Waals surface area (Å²) in [5.41, 5.74) is 2.32. The van der Waals surface area contributed by atoms with E-state index < -0.39 is 0 Å². The van der Waals surface area contributed by atoms with Gasteiger partial charge in [-0.2, -0.15) is 0 Å². The lowest BCUT2D eigenvalue weighted by Crippen LogP contribution is -2.01. The van der Waals surface area contributed by atoms with Crippen LogP contribution in [0.5, 0.6) is 0 Å². The number of benzene rings is 2. The molecule has 72 valence electrons. The number of hydrogen-bond donors (Lipinski definition) is 0. The van der Waals surface area contributed by atoms with Gasteiger partial charge >= 0.3 is 0 Å². The number of aromatic nitrogens is 1. The molecule has 0 radical (unpaired) electrons. The van der Waals surface area contributed by atoms with Crippen molar-refractivity contribution in [2.75, 3.05) is 0 Å². The first-order valence-corrected chi connectivity index (χ1v) is 5.03. The minimum absolute atomic E-state index is 1.05. The Balaban J connectivity index is 2.79. The van der Waals surface area contributed by atoms with E-state index in [-0.39, 0.29) is 0 Å². The van der Waals surface area contributed by atoms with Crippen LogP contribution in [0.25, 0.3) is 28.3 Å². The van der Waals surface area contributed by atoms with Crippen LogP contribution < -0.4 is 5.22 Å². The van der Waals surface area contributed by atoms with Gasteiger partial charge in [-0.3, -0.25) is 4.98 Å². The highest BCUT2D eigenvalue weighted by Crippen LogP contribution is 2.24.